The Kier molecular flexibility index (Phi) is 4.92. The first kappa shape index (κ1) is 16.2. The number of nitrogens with zero attached hydrogens (tertiary/aromatic N) is 1. The summed E-state index contributed by atoms with van der Waals surface area (Å²) in [4.78, 5) is 25.8. The molecular weight excluding hydrogens is 306 g/mol. The molecule has 1 aromatic carbocycles. The van der Waals surface area contributed by atoms with Gasteiger partial charge in [-0.3, -0.25) is 14.8 Å². The van der Waals surface area contributed by atoms with Gasteiger partial charge >= 0.3 is 6.03 Å². The number of nitrogens with one attached hydrogen (secondary N) is 2. The second-order valence-corrected chi connectivity index (χ2v) is 6.74. The summed E-state index contributed by atoms with van der Waals surface area (Å²) in [5.74, 6) is -0.910. The number of anilines is 1. The number of carbonyl (C=O) groups is 2. The molecule has 1 aliphatic rings. The van der Waals surface area contributed by atoms with E-state index >= 15 is 0 Å². The van der Waals surface area contributed by atoms with E-state index in [0.717, 1.165) is 31.0 Å². The number of rotatable bonds is 6. The lowest BCUT2D eigenvalue weighted by atomic mass is 10.1. The molecule has 0 aromatic heterocycles. The van der Waals surface area contributed by atoms with E-state index in [1.807, 2.05) is 17.4 Å². The SMILES string of the molecule is CCCCc1ccc(NS(=O)(=O)C2C=NC(=O)NC2=O)cc1. The van der Waals surface area contributed by atoms with Gasteiger partial charge < -0.3 is 0 Å². The molecule has 0 saturated heterocycles. The number of aryl methyl sites for hydroxylation is 1. The number of sulfonamides is 1. The van der Waals surface area contributed by atoms with Crippen LogP contribution in [0.25, 0.3) is 0 Å². The van der Waals surface area contributed by atoms with E-state index in [1.54, 1.807) is 12.1 Å². The molecule has 0 saturated carbocycles. The monoisotopic (exact) mass is 323 g/mol. The molecule has 0 fully saturated rings. The van der Waals surface area contributed by atoms with Crippen LogP contribution in [0.15, 0.2) is 29.3 Å². The molecule has 8 heteroatoms. The van der Waals surface area contributed by atoms with Crippen molar-refractivity contribution in [1.29, 1.82) is 0 Å². The maximum Gasteiger partial charge on any atom is 0.347 e. The molecule has 2 rings (SSSR count). The second kappa shape index (κ2) is 6.69. The Morgan fingerprint density at radius 1 is 1.23 bits per heavy atom. The van der Waals surface area contributed by atoms with Gasteiger partial charge in [0.1, 0.15) is 0 Å². The van der Waals surface area contributed by atoms with Crippen molar-refractivity contribution in [3.8, 4) is 0 Å². The van der Waals surface area contributed by atoms with Crippen LogP contribution in [0, 0.1) is 0 Å². The number of aliphatic imine (C=N–C) groups is 1. The molecule has 118 valence electrons. The van der Waals surface area contributed by atoms with E-state index in [2.05, 4.69) is 16.6 Å². The largest absolute Gasteiger partial charge is 0.347 e. The molecule has 1 aromatic rings. The van der Waals surface area contributed by atoms with Crippen molar-refractivity contribution in [2.45, 2.75) is 31.4 Å². The third kappa shape index (κ3) is 3.91. The highest BCUT2D eigenvalue weighted by Gasteiger charge is 2.35. The van der Waals surface area contributed by atoms with Crippen molar-refractivity contribution in [3.63, 3.8) is 0 Å². The third-order valence-corrected chi connectivity index (χ3v) is 4.71. The average molecular weight is 323 g/mol. The Labute approximate surface area is 128 Å². The van der Waals surface area contributed by atoms with Crippen LogP contribution >= 0.6 is 0 Å². The van der Waals surface area contributed by atoms with Gasteiger partial charge in [0.2, 0.25) is 10.0 Å². The Balaban J connectivity index is 2.10. The van der Waals surface area contributed by atoms with E-state index in [0.29, 0.717) is 5.69 Å². The number of unbranched alkanes of at least 4 members (excludes halogenated alkanes) is 1. The molecule has 1 atom stereocenters. The van der Waals surface area contributed by atoms with Gasteiger partial charge in [-0.25, -0.2) is 18.2 Å². The molecule has 2 N–H and O–H groups in total. The third-order valence-electron chi connectivity index (χ3n) is 3.18. The molecule has 1 heterocycles. The van der Waals surface area contributed by atoms with E-state index in [4.69, 9.17) is 0 Å². The van der Waals surface area contributed by atoms with Gasteiger partial charge in [0.15, 0.2) is 5.25 Å². The van der Waals surface area contributed by atoms with Crippen LogP contribution < -0.4 is 10.0 Å². The van der Waals surface area contributed by atoms with Gasteiger partial charge in [-0.2, -0.15) is 0 Å². The Bertz CT molecular complexity index is 695. The number of imide groups is 1. The summed E-state index contributed by atoms with van der Waals surface area (Å²) < 4.78 is 26.6. The highest BCUT2D eigenvalue weighted by Crippen LogP contribution is 2.15. The number of hydrogen-bond acceptors (Lipinski definition) is 4. The molecule has 0 bridgehead atoms. The molecule has 7 nitrogen and oxygen atoms in total. The van der Waals surface area contributed by atoms with Gasteiger partial charge in [-0.15, -0.1) is 0 Å². The average Bonchev–Trinajstić information content (AvgIpc) is 2.45. The predicted octanol–water partition coefficient (Wildman–Crippen LogP) is 1.46. The maximum absolute atomic E-state index is 12.2. The minimum absolute atomic E-state index is 0.360. The van der Waals surface area contributed by atoms with Crippen molar-refractivity contribution in [2.75, 3.05) is 4.72 Å². The quantitative estimate of drug-likeness (QED) is 0.826. The zero-order chi connectivity index (χ0) is 16.2. The predicted molar refractivity (Wildman–Crippen MR) is 83.4 cm³/mol. The minimum atomic E-state index is -4.00. The number of benzene rings is 1. The number of hydrogen-bond donors (Lipinski definition) is 2. The number of amides is 3. The van der Waals surface area contributed by atoms with Crippen LogP contribution in [0.4, 0.5) is 10.5 Å². The first-order valence-electron chi connectivity index (χ1n) is 6.92. The smallest absolute Gasteiger partial charge is 0.283 e. The van der Waals surface area contributed by atoms with Crippen molar-refractivity contribution >= 4 is 33.9 Å². The van der Waals surface area contributed by atoms with Gasteiger partial charge in [-0.1, -0.05) is 25.5 Å². The van der Waals surface area contributed by atoms with Gasteiger partial charge in [0, 0.05) is 11.9 Å². The zero-order valence-electron chi connectivity index (χ0n) is 12.1. The minimum Gasteiger partial charge on any atom is -0.283 e. The summed E-state index contributed by atoms with van der Waals surface area (Å²) in [5.41, 5.74) is 1.48. The first-order valence-corrected chi connectivity index (χ1v) is 8.46. The summed E-state index contributed by atoms with van der Waals surface area (Å²) in [5, 5.41) is 0.335. The number of urea groups is 1. The molecule has 22 heavy (non-hydrogen) atoms. The highest BCUT2D eigenvalue weighted by atomic mass is 32.2. The molecular formula is C14H17N3O4S. The lowest BCUT2D eigenvalue weighted by Crippen LogP contribution is -2.48. The maximum atomic E-state index is 12.2. The zero-order valence-corrected chi connectivity index (χ0v) is 12.9. The topological polar surface area (TPSA) is 105 Å². The molecule has 3 amide bonds. The van der Waals surface area contributed by atoms with Crippen molar-refractivity contribution < 1.29 is 18.0 Å². The Morgan fingerprint density at radius 2 is 1.91 bits per heavy atom. The Hall–Kier alpha value is -2.22. The molecule has 0 radical (unpaired) electrons. The lowest BCUT2D eigenvalue weighted by Gasteiger charge is -2.16. The molecule has 1 unspecified atom stereocenters. The van der Waals surface area contributed by atoms with E-state index in [-0.39, 0.29) is 0 Å². The van der Waals surface area contributed by atoms with Crippen LogP contribution in [0.2, 0.25) is 0 Å². The van der Waals surface area contributed by atoms with Crippen molar-refractivity contribution in [1.82, 2.24) is 5.32 Å². The van der Waals surface area contributed by atoms with E-state index in [9.17, 15) is 18.0 Å². The van der Waals surface area contributed by atoms with E-state index in [1.165, 1.54) is 0 Å². The summed E-state index contributed by atoms with van der Waals surface area (Å²) in [6.07, 6.45) is 3.92. The fraction of sp³-hybridized carbons (Fsp3) is 0.357. The number of carbonyl (C=O) groups excluding carboxylic acids is 2. The van der Waals surface area contributed by atoms with Crippen LogP contribution in [0.5, 0.6) is 0 Å². The van der Waals surface area contributed by atoms with Crippen LogP contribution in [0.3, 0.4) is 0 Å². The van der Waals surface area contributed by atoms with Gasteiger partial charge in [-0.05, 0) is 30.5 Å². The van der Waals surface area contributed by atoms with Gasteiger partial charge in [0.05, 0.1) is 0 Å². The van der Waals surface area contributed by atoms with Crippen LogP contribution in [-0.4, -0.2) is 31.8 Å². The fourth-order valence-corrected chi connectivity index (χ4v) is 3.13. The van der Waals surface area contributed by atoms with E-state index < -0.39 is 27.2 Å². The Morgan fingerprint density at radius 3 is 2.50 bits per heavy atom. The lowest BCUT2D eigenvalue weighted by molar-refractivity contribution is -0.118. The van der Waals surface area contributed by atoms with Crippen molar-refractivity contribution in [3.05, 3.63) is 29.8 Å². The van der Waals surface area contributed by atoms with Crippen molar-refractivity contribution in [2.24, 2.45) is 4.99 Å². The molecule has 0 spiro atoms. The summed E-state index contributed by atoms with van der Waals surface area (Å²) in [6, 6.07) is 6.10. The van der Waals surface area contributed by atoms with Crippen LogP contribution in [0.1, 0.15) is 25.3 Å². The normalized spacial score (nSPS) is 18.1. The van der Waals surface area contributed by atoms with Crippen LogP contribution in [-0.2, 0) is 21.2 Å². The summed E-state index contributed by atoms with van der Waals surface area (Å²) >= 11 is 0. The first-order chi connectivity index (χ1) is 10.4. The second-order valence-electron chi connectivity index (χ2n) is 4.94. The molecule has 1 aliphatic heterocycles. The standard InChI is InChI=1S/C14H17N3O4S/c1-2-3-4-10-5-7-11(8-6-10)17-22(20,21)12-9-15-14(19)16-13(12)18/h5-9,12,17H,2-4H2,1H3,(H,16,18,19). The summed E-state index contributed by atoms with van der Waals surface area (Å²) in [7, 11) is -4.00. The highest BCUT2D eigenvalue weighted by molar-refractivity contribution is 7.94. The molecule has 0 aliphatic carbocycles. The fourth-order valence-electron chi connectivity index (χ4n) is 1.98. The van der Waals surface area contributed by atoms with Gasteiger partial charge in [0.25, 0.3) is 5.91 Å². The summed E-state index contributed by atoms with van der Waals surface area (Å²) in [6.45, 7) is 2.10.